The number of halogens is 1. The molecule has 1 aromatic rings. The third kappa shape index (κ3) is 4.46. The SMILES string of the molecule is N#Cc1ccc(Br)cc1NC(=O)N(CC(=O)O)CC1CC1. The van der Waals surface area contributed by atoms with E-state index in [0.29, 0.717) is 23.7 Å². The molecule has 1 aliphatic carbocycles. The highest BCUT2D eigenvalue weighted by atomic mass is 79.9. The summed E-state index contributed by atoms with van der Waals surface area (Å²) in [7, 11) is 0. The van der Waals surface area contributed by atoms with Crippen LogP contribution in [-0.2, 0) is 4.79 Å². The average Bonchev–Trinajstić information content (AvgIpc) is 3.21. The van der Waals surface area contributed by atoms with Crippen LogP contribution in [0.2, 0.25) is 0 Å². The van der Waals surface area contributed by atoms with Gasteiger partial charge in [-0.05, 0) is 37.0 Å². The van der Waals surface area contributed by atoms with Gasteiger partial charge in [-0.3, -0.25) is 4.79 Å². The van der Waals surface area contributed by atoms with Crippen molar-refractivity contribution in [1.29, 1.82) is 5.26 Å². The summed E-state index contributed by atoms with van der Waals surface area (Å²) in [5.41, 5.74) is 0.691. The molecule has 0 aliphatic heterocycles. The molecule has 2 N–H and O–H groups in total. The molecule has 0 radical (unpaired) electrons. The molecule has 0 saturated heterocycles. The van der Waals surface area contributed by atoms with Crippen molar-refractivity contribution in [3.05, 3.63) is 28.2 Å². The maximum absolute atomic E-state index is 12.2. The third-order valence-corrected chi connectivity index (χ3v) is 3.63. The van der Waals surface area contributed by atoms with Crippen LogP contribution in [0.5, 0.6) is 0 Å². The second-order valence-electron chi connectivity index (χ2n) is 4.95. The number of nitrogens with one attached hydrogen (secondary N) is 1. The first kappa shape index (κ1) is 15.3. The van der Waals surface area contributed by atoms with Gasteiger partial charge in [-0.2, -0.15) is 5.26 Å². The number of aliphatic carboxylic acids is 1. The average molecular weight is 352 g/mol. The highest BCUT2D eigenvalue weighted by molar-refractivity contribution is 9.10. The van der Waals surface area contributed by atoms with Crippen LogP contribution in [0.1, 0.15) is 18.4 Å². The lowest BCUT2D eigenvalue weighted by atomic mass is 10.2. The molecule has 0 aromatic heterocycles. The van der Waals surface area contributed by atoms with Gasteiger partial charge in [0.2, 0.25) is 0 Å². The molecule has 1 saturated carbocycles. The van der Waals surface area contributed by atoms with Gasteiger partial charge in [-0.25, -0.2) is 4.79 Å². The van der Waals surface area contributed by atoms with E-state index in [-0.39, 0.29) is 6.54 Å². The Balaban J connectivity index is 2.12. The van der Waals surface area contributed by atoms with Crippen molar-refractivity contribution in [3.63, 3.8) is 0 Å². The lowest BCUT2D eigenvalue weighted by Gasteiger charge is -2.21. The van der Waals surface area contributed by atoms with Crippen LogP contribution in [0, 0.1) is 17.2 Å². The molecule has 2 rings (SSSR count). The Hall–Kier alpha value is -2.07. The minimum atomic E-state index is -1.06. The highest BCUT2D eigenvalue weighted by Crippen LogP contribution is 2.30. The van der Waals surface area contributed by atoms with E-state index in [1.165, 1.54) is 4.90 Å². The molecular formula is C14H14BrN3O3. The standard InChI is InChI=1S/C14H14BrN3O3/c15-11-4-3-10(6-16)12(5-11)17-14(21)18(8-13(19)20)7-9-1-2-9/h3-5,9H,1-2,7-8H2,(H,17,21)(H,19,20). The van der Waals surface area contributed by atoms with Crippen molar-refractivity contribution in [2.45, 2.75) is 12.8 Å². The van der Waals surface area contributed by atoms with Crippen LogP contribution in [0.25, 0.3) is 0 Å². The molecule has 7 heteroatoms. The lowest BCUT2D eigenvalue weighted by Crippen LogP contribution is -2.40. The first-order valence-corrected chi connectivity index (χ1v) is 7.26. The van der Waals surface area contributed by atoms with Gasteiger partial charge in [0.1, 0.15) is 12.6 Å². The normalized spacial score (nSPS) is 13.3. The fourth-order valence-corrected chi connectivity index (χ4v) is 2.27. The van der Waals surface area contributed by atoms with Crippen LogP contribution in [-0.4, -0.2) is 35.1 Å². The smallest absolute Gasteiger partial charge is 0.323 e. The number of urea groups is 1. The number of benzene rings is 1. The van der Waals surface area contributed by atoms with E-state index < -0.39 is 12.0 Å². The Morgan fingerprint density at radius 2 is 2.19 bits per heavy atom. The number of carboxylic acids is 1. The lowest BCUT2D eigenvalue weighted by molar-refractivity contribution is -0.137. The van der Waals surface area contributed by atoms with Crippen molar-refractivity contribution in [1.82, 2.24) is 4.90 Å². The summed E-state index contributed by atoms with van der Waals surface area (Å²) < 4.78 is 0.726. The Morgan fingerprint density at radius 1 is 1.48 bits per heavy atom. The van der Waals surface area contributed by atoms with E-state index in [9.17, 15) is 9.59 Å². The van der Waals surface area contributed by atoms with Crippen molar-refractivity contribution < 1.29 is 14.7 Å². The van der Waals surface area contributed by atoms with E-state index in [1.54, 1.807) is 18.2 Å². The number of carbonyl (C=O) groups is 2. The fourth-order valence-electron chi connectivity index (χ4n) is 1.91. The molecule has 0 heterocycles. The molecule has 0 atom stereocenters. The Kier molecular flexibility index (Phi) is 4.81. The van der Waals surface area contributed by atoms with Crippen LogP contribution < -0.4 is 5.32 Å². The highest BCUT2D eigenvalue weighted by Gasteiger charge is 2.28. The molecular weight excluding hydrogens is 338 g/mol. The van der Waals surface area contributed by atoms with Crippen molar-refractivity contribution in [3.8, 4) is 6.07 Å². The first-order chi connectivity index (χ1) is 9.99. The van der Waals surface area contributed by atoms with Crippen molar-refractivity contribution in [2.24, 2.45) is 5.92 Å². The predicted molar refractivity (Wildman–Crippen MR) is 79.8 cm³/mol. The Labute approximate surface area is 130 Å². The monoisotopic (exact) mass is 351 g/mol. The molecule has 0 bridgehead atoms. The summed E-state index contributed by atoms with van der Waals surface area (Å²) >= 11 is 3.27. The number of anilines is 1. The number of nitriles is 1. The van der Waals surface area contributed by atoms with Crippen molar-refractivity contribution >= 4 is 33.6 Å². The van der Waals surface area contributed by atoms with Gasteiger partial charge in [-0.15, -0.1) is 0 Å². The zero-order valence-electron chi connectivity index (χ0n) is 11.2. The molecule has 0 spiro atoms. The van der Waals surface area contributed by atoms with Gasteiger partial charge < -0.3 is 15.3 Å². The van der Waals surface area contributed by atoms with Crippen LogP contribution in [0.3, 0.4) is 0 Å². The molecule has 110 valence electrons. The number of rotatable bonds is 5. The quantitative estimate of drug-likeness (QED) is 0.852. The number of amides is 2. The molecule has 0 unspecified atom stereocenters. The largest absolute Gasteiger partial charge is 0.480 e. The number of carbonyl (C=O) groups excluding carboxylic acids is 1. The van der Waals surface area contributed by atoms with E-state index in [2.05, 4.69) is 21.2 Å². The second-order valence-corrected chi connectivity index (χ2v) is 5.87. The van der Waals surface area contributed by atoms with E-state index in [1.807, 2.05) is 6.07 Å². The van der Waals surface area contributed by atoms with Crippen LogP contribution in [0.4, 0.5) is 10.5 Å². The number of carboxylic acid groups (broad SMARTS) is 1. The maximum Gasteiger partial charge on any atom is 0.323 e. The van der Waals surface area contributed by atoms with Gasteiger partial charge in [0, 0.05) is 11.0 Å². The molecule has 1 fully saturated rings. The zero-order chi connectivity index (χ0) is 15.4. The van der Waals surface area contributed by atoms with E-state index in [4.69, 9.17) is 10.4 Å². The zero-order valence-corrected chi connectivity index (χ0v) is 12.8. The van der Waals surface area contributed by atoms with Gasteiger partial charge in [0.15, 0.2) is 0 Å². The van der Waals surface area contributed by atoms with Crippen LogP contribution in [0.15, 0.2) is 22.7 Å². The molecule has 1 aromatic carbocycles. The summed E-state index contributed by atoms with van der Waals surface area (Å²) in [4.78, 5) is 24.3. The van der Waals surface area contributed by atoms with Gasteiger partial charge in [0.05, 0.1) is 11.3 Å². The predicted octanol–water partition coefficient (Wildman–Crippen LogP) is 2.65. The number of hydrogen-bond acceptors (Lipinski definition) is 3. The number of nitrogens with zero attached hydrogens (tertiary/aromatic N) is 2. The fraction of sp³-hybridized carbons (Fsp3) is 0.357. The number of hydrogen-bond donors (Lipinski definition) is 2. The minimum Gasteiger partial charge on any atom is -0.480 e. The van der Waals surface area contributed by atoms with Gasteiger partial charge in [-0.1, -0.05) is 15.9 Å². The summed E-state index contributed by atoms with van der Waals surface area (Å²) in [6, 6.07) is 6.39. The minimum absolute atomic E-state index is 0.327. The van der Waals surface area contributed by atoms with Crippen LogP contribution >= 0.6 is 15.9 Å². The van der Waals surface area contributed by atoms with E-state index in [0.717, 1.165) is 17.3 Å². The Bertz CT molecular complexity index is 608. The third-order valence-electron chi connectivity index (χ3n) is 3.13. The summed E-state index contributed by atoms with van der Waals surface area (Å²) in [6.07, 6.45) is 2.04. The second kappa shape index (κ2) is 6.59. The van der Waals surface area contributed by atoms with Gasteiger partial charge in [0.25, 0.3) is 0 Å². The topological polar surface area (TPSA) is 93.4 Å². The van der Waals surface area contributed by atoms with Crippen molar-refractivity contribution in [2.75, 3.05) is 18.4 Å². The molecule has 1 aliphatic rings. The molecule has 6 nitrogen and oxygen atoms in total. The maximum atomic E-state index is 12.2. The first-order valence-electron chi connectivity index (χ1n) is 6.47. The van der Waals surface area contributed by atoms with E-state index >= 15 is 0 Å². The summed E-state index contributed by atoms with van der Waals surface area (Å²) in [5, 5.41) is 20.5. The molecule has 2 amide bonds. The Morgan fingerprint density at radius 3 is 2.76 bits per heavy atom. The summed E-state index contributed by atoms with van der Waals surface area (Å²) in [5.74, 6) is -0.673. The van der Waals surface area contributed by atoms with Gasteiger partial charge >= 0.3 is 12.0 Å². The molecule has 21 heavy (non-hydrogen) atoms. The summed E-state index contributed by atoms with van der Waals surface area (Å²) in [6.45, 7) is 0.0756.